The van der Waals surface area contributed by atoms with E-state index in [2.05, 4.69) is 10.1 Å². The fourth-order valence-corrected chi connectivity index (χ4v) is 2.48. The highest BCUT2D eigenvalue weighted by Gasteiger charge is 2.09. The smallest absolute Gasteiger partial charge is 0.265 e. The number of nitrogens with zero attached hydrogens (tertiary/aromatic N) is 3. The van der Waals surface area contributed by atoms with Crippen LogP contribution in [-0.4, -0.2) is 14.6 Å². The van der Waals surface area contributed by atoms with Crippen molar-refractivity contribution < 1.29 is 4.39 Å². The topological polar surface area (TPSA) is 47.3 Å². The molecule has 0 bridgehead atoms. The number of aromatic nitrogens is 3. The molecule has 2 heterocycles. The lowest BCUT2D eigenvalue weighted by Crippen LogP contribution is -2.14. The van der Waals surface area contributed by atoms with Gasteiger partial charge in [-0.1, -0.05) is 0 Å². The second-order valence-electron chi connectivity index (χ2n) is 3.82. The van der Waals surface area contributed by atoms with Crippen LogP contribution in [0.4, 0.5) is 4.39 Å². The van der Waals surface area contributed by atoms with Gasteiger partial charge in [0.05, 0.1) is 5.69 Å². The van der Waals surface area contributed by atoms with Gasteiger partial charge in [-0.25, -0.2) is 8.91 Å². The molecule has 0 amide bonds. The molecule has 3 rings (SSSR count). The predicted octanol–water partition coefficient (Wildman–Crippen LogP) is 2.27. The Kier molecular flexibility index (Phi) is 2.45. The molecule has 1 aromatic carbocycles. The summed E-state index contributed by atoms with van der Waals surface area (Å²) in [6.45, 7) is 1.62. The van der Waals surface area contributed by atoms with Crippen molar-refractivity contribution in [2.24, 2.45) is 0 Å². The van der Waals surface area contributed by atoms with Crippen molar-refractivity contribution in [3.05, 3.63) is 51.5 Å². The molecule has 2 aromatic heterocycles. The number of fused-ring (bicyclic) bond motifs is 1. The molecule has 0 fully saturated rings. The van der Waals surface area contributed by atoms with Gasteiger partial charge in [0.25, 0.3) is 5.56 Å². The zero-order valence-corrected chi connectivity index (χ0v) is 10.2. The lowest BCUT2D eigenvalue weighted by atomic mass is 10.2. The Morgan fingerprint density at radius 3 is 2.72 bits per heavy atom. The second kappa shape index (κ2) is 3.99. The molecule has 0 unspecified atom stereocenters. The standard InChI is InChI=1S/C12H8FN3OS/c1-7-11(17)14-12-16(15-7)10(6-18-12)8-2-4-9(13)5-3-8/h2-6H,1H3. The van der Waals surface area contributed by atoms with Crippen LogP contribution in [0.15, 0.2) is 34.4 Å². The molecule has 3 aromatic rings. The van der Waals surface area contributed by atoms with Gasteiger partial charge < -0.3 is 0 Å². The van der Waals surface area contributed by atoms with Crippen molar-refractivity contribution in [3.63, 3.8) is 0 Å². The van der Waals surface area contributed by atoms with Crippen LogP contribution in [0.3, 0.4) is 0 Å². The molecule has 90 valence electrons. The summed E-state index contributed by atoms with van der Waals surface area (Å²) in [4.78, 5) is 15.9. The SMILES string of the molecule is Cc1nn2c(-c3ccc(F)cc3)csc2nc1=O. The maximum atomic E-state index is 12.9. The summed E-state index contributed by atoms with van der Waals surface area (Å²) >= 11 is 1.33. The minimum Gasteiger partial charge on any atom is -0.265 e. The van der Waals surface area contributed by atoms with Gasteiger partial charge in [0.2, 0.25) is 4.96 Å². The Morgan fingerprint density at radius 2 is 2.00 bits per heavy atom. The van der Waals surface area contributed by atoms with E-state index in [0.29, 0.717) is 10.7 Å². The first-order valence-electron chi connectivity index (χ1n) is 5.26. The van der Waals surface area contributed by atoms with Gasteiger partial charge in [-0.2, -0.15) is 10.1 Å². The number of rotatable bonds is 1. The Bertz CT molecular complexity index is 776. The fraction of sp³-hybridized carbons (Fsp3) is 0.0833. The normalized spacial score (nSPS) is 11.0. The van der Waals surface area contributed by atoms with E-state index in [1.165, 1.54) is 23.5 Å². The number of hydrogen-bond donors (Lipinski definition) is 0. The largest absolute Gasteiger partial charge is 0.295 e. The molecule has 0 spiro atoms. The summed E-state index contributed by atoms with van der Waals surface area (Å²) in [7, 11) is 0. The van der Waals surface area contributed by atoms with Crippen LogP contribution in [0.2, 0.25) is 0 Å². The number of hydrogen-bond acceptors (Lipinski definition) is 4. The molecule has 0 atom stereocenters. The van der Waals surface area contributed by atoms with Gasteiger partial charge in [-0.3, -0.25) is 4.79 Å². The van der Waals surface area contributed by atoms with Crippen LogP contribution in [0, 0.1) is 12.7 Å². The molecule has 0 aliphatic carbocycles. The monoisotopic (exact) mass is 261 g/mol. The third kappa shape index (κ3) is 1.70. The highest BCUT2D eigenvalue weighted by molar-refractivity contribution is 7.15. The van der Waals surface area contributed by atoms with Crippen LogP contribution >= 0.6 is 11.3 Å². The van der Waals surface area contributed by atoms with Gasteiger partial charge in [0.15, 0.2) is 0 Å². The highest BCUT2D eigenvalue weighted by Crippen LogP contribution is 2.23. The van der Waals surface area contributed by atoms with Gasteiger partial charge in [0.1, 0.15) is 11.5 Å². The first kappa shape index (κ1) is 11.0. The number of halogens is 1. The Labute approximate surface area is 105 Å². The van der Waals surface area contributed by atoms with Crippen LogP contribution in [0.25, 0.3) is 16.2 Å². The van der Waals surface area contributed by atoms with Crippen molar-refractivity contribution in [1.29, 1.82) is 0 Å². The molecule has 0 aliphatic heterocycles. The quantitative estimate of drug-likeness (QED) is 0.675. The van der Waals surface area contributed by atoms with E-state index in [-0.39, 0.29) is 11.4 Å². The maximum Gasteiger partial charge on any atom is 0.295 e. The van der Waals surface area contributed by atoms with Gasteiger partial charge >= 0.3 is 0 Å². The summed E-state index contributed by atoms with van der Waals surface area (Å²) in [5.41, 5.74) is 1.65. The molecule has 4 nitrogen and oxygen atoms in total. The van der Waals surface area contributed by atoms with E-state index in [1.54, 1.807) is 23.6 Å². The third-order valence-electron chi connectivity index (χ3n) is 2.58. The van der Waals surface area contributed by atoms with Gasteiger partial charge in [-0.05, 0) is 31.2 Å². The van der Waals surface area contributed by atoms with Crippen LogP contribution in [0.1, 0.15) is 5.69 Å². The second-order valence-corrected chi connectivity index (χ2v) is 4.66. The number of thiazole rings is 1. The molecule has 0 radical (unpaired) electrons. The van der Waals surface area contributed by atoms with Crippen molar-refractivity contribution in [2.75, 3.05) is 0 Å². The third-order valence-corrected chi connectivity index (χ3v) is 3.40. The minimum absolute atomic E-state index is 0.285. The number of aryl methyl sites for hydroxylation is 1. The van der Waals surface area contributed by atoms with Crippen molar-refractivity contribution in [2.45, 2.75) is 6.92 Å². The van der Waals surface area contributed by atoms with E-state index >= 15 is 0 Å². The minimum atomic E-state index is -0.317. The first-order valence-corrected chi connectivity index (χ1v) is 6.14. The summed E-state index contributed by atoms with van der Waals surface area (Å²) in [5, 5.41) is 6.04. The van der Waals surface area contributed by atoms with E-state index in [0.717, 1.165) is 11.3 Å². The molecular weight excluding hydrogens is 253 g/mol. The number of benzene rings is 1. The lowest BCUT2D eigenvalue weighted by molar-refractivity contribution is 0.628. The van der Waals surface area contributed by atoms with Gasteiger partial charge in [0, 0.05) is 10.9 Å². The lowest BCUT2D eigenvalue weighted by Gasteiger charge is -2.01. The summed E-state index contributed by atoms with van der Waals surface area (Å²) in [5.74, 6) is -0.285. The van der Waals surface area contributed by atoms with Crippen molar-refractivity contribution >= 4 is 16.3 Å². The maximum absolute atomic E-state index is 12.9. The molecule has 0 N–H and O–H groups in total. The zero-order valence-electron chi connectivity index (χ0n) is 9.42. The molecule has 18 heavy (non-hydrogen) atoms. The zero-order chi connectivity index (χ0) is 12.7. The first-order chi connectivity index (χ1) is 8.65. The molecular formula is C12H8FN3OS. The fourth-order valence-electron chi connectivity index (χ4n) is 1.65. The van der Waals surface area contributed by atoms with E-state index in [9.17, 15) is 9.18 Å². The summed E-state index contributed by atoms with van der Waals surface area (Å²) in [6, 6.07) is 6.13. The predicted molar refractivity (Wildman–Crippen MR) is 67.3 cm³/mol. The van der Waals surface area contributed by atoms with E-state index in [1.807, 2.05) is 5.38 Å². The molecule has 6 heteroatoms. The Morgan fingerprint density at radius 1 is 1.28 bits per heavy atom. The van der Waals surface area contributed by atoms with Crippen LogP contribution in [0.5, 0.6) is 0 Å². The van der Waals surface area contributed by atoms with Crippen LogP contribution in [-0.2, 0) is 0 Å². The molecule has 0 saturated carbocycles. The average molecular weight is 261 g/mol. The van der Waals surface area contributed by atoms with E-state index in [4.69, 9.17) is 0 Å². The van der Waals surface area contributed by atoms with Crippen molar-refractivity contribution in [1.82, 2.24) is 14.6 Å². The Hall–Kier alpha value is -2.08. The molecule has 0 aliphatic rings. The van der Waals surface area contributed by atoms with Gasteiger partial charge in [-0.15, -0.1) is 11.3 Å². The Balaban J connectivity index is 2.27. The van der Waals surface area contributed by atoms with E-state index < -0.39 is 0 Å². The summed E-state index contributed by atoms with van der Waals surface area (Å²) < 4.78 is 14.5. The molecule has 0 saturated heterocycles. The average Bonchev–Trinajstić information content (AvgIpc) is 2.74. The van der Waals surface area contributed by atoms with Crippen LogP contribution < -0.4 is 5.56 Å². The van der Waals surface area contributed by atoms with Crippen molar-refractivity contribution in [3.8, 4) is 11.3 Å². The summed E-state index contributed by atoms with van der Waals surface area (Å²) in [6.07, 6.45) is 0. The highest BCUT2D eigenvalue weighted by atomic mass is 32.1.